The molecular weight excluding hydrogens is 573 g/mol. The summed E-state index contributed by atoms with van der Waals surface area (Å²) in [5.41, 5.74) is -0.407. The molecule has 0 radical (unpaired) electrons. The lowest BCUT2D eigenvalue weighted by Crippen LogP contribution is -2.49. The van der Waals surface area contributed by atoms with Gasteiger partial charge in [0.1, 0.15) is 5.60 Å². The van der Waals surface area contributed by atoms with Gasteiger partial charge in [0.2, 0.25) is 0 Å². The minimum absolute atomic E-state index is 0.0726. The first-order valence-corrected chi connectivity index (χ1v) is 17.6. The van der Waals surface area contributed by atoms with Crippen LogP contribution in [-0.2, 0) is 36.5 Å². The van der Waals surface area contributed by atoms with Gasteiger partial charge in [0.15, 0.2) is 25.3 Å². The van der Waals surface area contributed by atoms with E-state index in [2.05, 4.69) is 4.98 Å². The molecule has 0 aliphatic heterocycles. The number of nitrogens with zero attached hydrogens (tertiary/aromatic N) is 1. The van der Waals surface area contributed by atoms with Gasteiger partial charge in [0, 0.05) is 36.1 Å². The third kappa shape index (κ3) is 5.74. The van der Waals surface area contributed by atoms with Crippen molar-refractivity contribution in [1.82, 2.24) is 4.98 Å². The molecular formula is C33H38FNO5S2. The molecule has 0 spiro atoms. The van der Waals surface area contributed by atoms with Crippen LogP contribution in [0.25, 0.3) is 22.0 Å². The summed E-state index contributed by atoms with van der Waals surface area (Å²) in [5.74, 6) is 0. The van der Waals surface area contributed by atoms with Crippen molar-refractivity contribution in [3.8, 4) is 11.1 Å². The lowest BCUT2D eigenvalue weighted by Gasteiger charge is -2.41. The summed E-state index contributed by atoms with van der Waals surface area (Å²) in [6.45, 7) is 6.80. The number of halogens is 1. The van der Waals surface area contributed by atoms with Crippen LogP contribution in [0, 0.1) is 0 Å². The molecule has 1 N–H and O–H groups in total. The molecule has 0 fully saturated rings. The van der Waals surface area contributed by atoms with Gasteiger partial charge in [-0.05, 0) is 79.3 Å². The highest BCUT2D eigenvalue weighted by Crippen LogP contribution is 2.45. The maximum Gasteiger partial charge on any atom is 0.175 e. The van der Waals surface area contributed by atoms with Gasteiger partial charge in [-0.25, -0.2) is 21.2 Å². The Morgan fingerprint density at radius 2 is 1.48 bits per heavy atom. The van der Waals surface area contributed by atoms with Crippen molar-refractivity contribution in [2.75, 3.05) is 12.5 Å². The zero-order valence-corrected chi connectivity index (χ0v) is 26.5. The van der Waals surface area contributed by atoms with Gasteiger partial charge >= 0.3 is 0 Å². The van der Waals surface area contributed by atoms with Crippen LogP contribution in [0.15, 0.2) is 83.9 Å². The van der Waals surface area contributed by atoms with Crippen LogP contribution in [-0.4, -0.2) is 45.0 Å². The first-order chi connectivity index (χ1) is 19.5. The maximum atomic E-state index is 17.3. The van der Waals surface area contributed by atoms with E-state index in [1.54, 1.807) is 52.1 Å². The Kier molecular flexibility index (Phi) is 8.45. The molecule has 0 aliphatic rings. The number of fused-ring (bicyclic) bond motifs is 1. The van der Waals surface area contributed by atoms with Crippen molar-refractivity contribution in [3.63, 3.8) is 0 Å². The molecule has 1 unspecified atom stereocenters. The average molecular weight is 612 g/mol. The Balaban J connectivity index is 1.88. The number of pyridine rings is 1. The molecule has 0 saturated heterocycles. The number of hydrogen-bond donors (Lipinski definition) is 1. The summed E-state index contributed by atoms with van der Waals surface area (Å²) in [5, 5.41) is 12.3. The Bertz CT molecular complexity index is 1830. The lowest BCUT2D eigenvalue weighted by atomic mass is 9.72. The van der Waals surface area contributed by atoms with E-state index in [-0.39, 0.29) is 29.7 Å². The second-order valence-electron chi connectivity index (χ2n) is 11.6. The largest absolute Gasteiger partial charge is 0.386 e. The van der Waals surface area contributed by atoms with Crippen LogP contribution in [0.2, 0.25) is 0 Å². The number of hydrogen-bond acceptors (Lipinski definition) is 6. The SMILES string of the molecule is CCC(O)(CC)C(F)(Cc1cccc(-c2cc(C(C)(C)S(C)(=O)=O)cc3cccnc23)c1)c1ccc(S(C)(=O)=O)cc1. The number of aromatic nitrogens is 1. The predicted molar refractivity (Wildman–Crippen MR) is 167 cm³/mol. The van der Waals surface area contributed by atoms with Crippen molar-refractivity contribution in [3.05, 3.63) is 95.7 Å². The molecule has 9 heteroatoms. The normalized spacial score (nSPS) is 14.6. The fraction of sp³-hybridized carbons (Fsp3) is 0.364. The van der Waals surface area contributed by atoms with E-state index in [0.717, 1.165) is 17.2 Å². The van der Waals surface area contributed by atoms with E-state index < -0.39 is 35.7 Å². The van der Waals surface area contributed by atoms with E-state index in [1.807, 2.05) is 30.3 Å². The summed E-state index contributed by atoms with van der Waals surface area (Å²) in [6.07, 6.45) is 4.10. The Morgan fingerprint density at radius 1 is 0.833 bits per heavy atom. The van der Waals surface area contributed by atoms with Gasteiger partial charge in [0.05, 0.1) is 15.2 Å². The van der Waals surface area contributed by atoms with E-state index in [0.29, 0.717) is 22.2 Å². The predicted octanol–water partition coefficient (Wildman–Crippen LogP) is 6.54. The summed E-state index contributed by atoms with van der Waals surface area (Å²) in [6, 6.07) is 20.3. The molecule has 6 nitrogen and oxygen atoms in total. The van der Waals surface area contributed by atoms with Crippen LogP contribution < -0.4 is 0 Å². The van der Waals surface area contributed by atoms with Gasteiger partial charge < -0.3 is 5.11 Å². The molecule has 224 valence electrons. The molecule has 0 amide bonds. The van der Waals surface area contributed by atoms with Crippen molar-refractivity contribution in [1.29, 1.82) is 0 Å². The minimum atomic E-state index is -3.48. The molecule has 4 rings (SSSR count). The van der Waals surface area contributed by atoms with Crippen LogP contribution in [0.5, 0.6) is 0 Å². The fourth-order valence-corrected chi connectivity index (χ4v) is 6.59. The standard InChI is InChI=1S/C33H38FNO5S2/c1-7-32(36,8-2)33(34,26-14-16-28(17-15-26)41(5,37)38)22-23-11-9-12-24(19-23)29-21-27(31(3,4)42(6,39)40)20-25-13-10-18-35-30(25)29/h9-21,36H,7-8,22H2,1-6H3. The van der Waals surface area contributed by atoms with E-state index >= 15 is 4.39 Å². The number of alkyl halides is 1. The Hall–Kier alpha value is -3.14. The summed E-state index contributed by atoms with van der Waals surface area (Å²) in [4.78, 5) is 4.65. The highest BCUT2D eigenvalue weighted by molar-refractivity contribution is 7.91. The number of benzene rings is 3. The summed E-state index contributed by atoms with van der Waals surface area (Å²) in [7, 11) is -6.93. The van der Waals surface area contributed by atoms with Crippen LogP contribution in [0.1, 0.15) is 57.2 Å². The van der Waals surface area contributed by atoms with Crippen LogP contribution in [0.3, 0.4) is 0 Å². The summed E-state index contributed by atoms with van der Waals surface area (Å²) >= 11 is 0. The van der Waals surface area contributed by atoms with Gasteiger partial charge in [-0.2, -0.15) is 0 Å². The van der Waals surface area contributed by atoms with Gasteiger partial charge in [-0.3, -0.25) is 4.98 Å². The number of rotatable bonds is 10. The minimum Gasteiger partial charge on any atom is -0.386 e. The molecule has 3 aromatic carbocycles. The van der Waals surface area contributed by atoms with Crippen molar-refractivity contribution >= 4 is 30.6 Å². The van der Waals surface area contributed by atoms with Crippen molar-refractivity contribution < 1.29 is 26.3 Å². The first-order valence-electron chi connectivity index (χ1n) is 13.9. The molecule has 4 aromatic rings. The summed E-state index contributed by atoms with van der Waals surface area (Å²) < 4.78 is 65.6. The van der Waals surface area contributed by atoms with Crippen LogP contribution in [0.4, 0.5) is 4.39 Å². The molecule has 1 aromatic heterocycles. The van der Waals surface area contributed by atoms with Gasteiger partial charge in [-0.1, -0.05) is 56.3 Å². The molecule has 1 heterocycles. The third-order valence-corrected chi connectivity index (χ3v) is 11.9. The zero-order valence-electron chi connectivity index (χ0n) is 24.8. The zero-order chi connectivity index (χ0) is 31.1. The average Bonchev–Trinajstić information content (AvgIpc) is 2.95. The number of sulfone groups is 2. The maximum absolute atomic E-state index is 17.3. The topological polar surface area (TPSA) is 101 Å². The number of aliphatic hydroxyl groups is 1. The van der Waals surface area contributed by atoms with Crippen molar-refractivity contribution in [2.45, 2.75) is 67.9 Å². The van der Waals surface area contributed by atoms with Gasteiger partial charge in [0.25, 0.3) is 0 Å². The molecule has 0 saturated carbocycles. The third-order valence-electron chi connectivity index (χ3n) is 8.66. The smallest absolute Gasteiger partial charge is 0.175 e. The van der Waals surface area contributed by atoms with E-state index in [4.69, 9.17) is 0 Å². The molecule has 42 heavy (non-hydrogen) atoms. The Labute approximate surface area is 248 Å². The lowest BCUT2D eigenvalue weighted by molar-refractivity contribution is -0.114. The van der Waals surface area contributed by atoms with Crippen LogP contribution >= 0.6 is 0 Å². The van der Waals surface area contributed by atoms with E-state index in [9.17, 15) is 21.9 Å². The van der Waals surface area contributed by atoms with Gasteiger partial charge in [-0.15, -0.1) is 0 Å². The fourth-order valence-electron chi connectivity index (χ4n) is 5.42. The van der Waals surface area contributed by atoms with E-state index in [1.165, 1.54) is 30.5 Å². The quantitative estimate of drug-likeness (QED) is 0.218. The molecule has 0 aliphatic carbocycles. The highest BCUT2D eigenvalue weighted by atomic mass is 32.2. The molecule has 1 atom stereocenters. The Morgan fingerprint density at radius 3 is 2.05 bits per heavy atom. The first kappa shape index (κ1) is 31.8. The highest BCUT2D eigenvalue weighted by Gasteiger charge is 2.50. The second-order valence-corrected chi connectivity index (χ2v) is 16.2. The second kappa shape index (κ2) is 11.2. The monoisotopic (exact) mass is 611 g/mol. The van der Waals surface area contributed by atoms with Crippen molar-refractivity contribution in [2.24, 2.45) is 0 Å². The molecule has 0 bridgehead atoms.